The van der Waals surface area contributed by atoms with Crippen molar-refractivity contribution in [3.63, 3.8) is 0 Å². The second-order valence-corrected chi connectivity index (χ2v) is 8.15. The molecule has 1 aromatic carbocycles. The van der Waals surface area contributed by atoms with Crippen LogP contribution in [0.4, 0.5) is 0 Å². The molecule has 0 radical (unpaired) electrons. The number of aryl methyl sites for hydroxylation is 1. The first-order chi connectivity index (χ1) is 13.9. The van der Waals surface area contributed by atoms with Crippen molar-refractivity contribution in [2.45, 2.75) is 25.2 Å². The first-order valence-electron chi connectivity index (χ1n) is 9.05. The van der Waals surface area contributed by atoms with Crippen LogP contribution in [0, 0.1) is 13.8 Å². The SMILES string of the molecule is COc1ccc(S(=O)(=O)NCCc2c(C)nn(-c3ccccn3)c2C)c(OC)c1. The molecule has 2 heterocycles. The zero-order valence-electron chi connectivity index (χ0n) is 16.8. The maximum atomic E-state index is 12.7. The number of rotatable bonds is 8. The van der Waals surface area contributed by atoms with E-state index < -0.39 is 10.0 Å². The van der Waals surface area contributed by atoms with Gasteiger partial charge in [-0.1, -0.05) is 6.07 Å². The first kappa shape index (κ1) is 20.8. The van der Waals surface area contributed by atoms with E-state index in [0.717, 1.165) is 22.8 Å². The molecule has 2 aromatic heterocycles. The van der Waals surface area contributed by atoms with Crippen LogP contribution in [0.2, 0.25) is 0 Å². The largest absolute Gasteiger partial charge is 0.497 e. The summed E-state index contributed by atoms with van der Waals surface area (Å²) in [6, 6.07) is 10.2. The number of methoxy groups -OCH3 is 2. The number of hydrogen-bond acceptors (Lipinski definition) is 6. The van der Waals surface area contributed by atoms with Gasteiger partial charge in [0.1, 0.15) is 16.4 Å². The van der Waals surface area contributed by atoms with Crippen molar-refractivity contribution >= 4 is 10.0 Å². The van der Waals surface area contributed by atoms with Crippen LogP contribution in [0.1, 0.15) is 17.0 Å². The van der Waals surface area contributed by atoms with E-state index in [-0.39, 0.29) is 17.2 Å². The monoisotopic (exact) mass is 416 g/mol. The topological polar surface area (TPSA) is 95.3 Å². The third-order valence-corrected chi connectivity index (χ3v) is 6.14. The minimum atomic E-state index is -3.74. The number of aromatic nitrogens is 3. The highest BCUT2D eigenvalue weighted by Crippen LogP contribution is 2.28. The highest BCUT2D eigenvalue weighted by molar-refractivity contribution is 7.89. The Morgan fingerprint density at radius 2 is 1.90 bits per heavy atom. The van der Waals surface area contributed by atoms with E-state index in [9.17, 15) is 8.42 Å². The van der Waals surface area contributed by atoms with E-state index in [4.69, 9.17) is 9.47 Å². The molecule has 0 atom stereocenters. The zero-order valence-corrected chi connectivity index (χ0v) is 17.7. The van der Waals surface area contributed by atoms with Crippen LogP contribution in [-0.4, -0.2) is 43.9 Å². The summed E-state index contributed by atoms with van der Waals surface area (Å²) >= 11 is 0. The Hall–Kier alpha value is -2.91. The smallest absolute Gasteiger partial charge is 0.244 e. The third kappa shape index (κ3) is 4.41. The van der Waals surface area contributed by atoms with Gasteiger partial charge < -0.3 is 9.47 Å². The molecule has 3 aromatic rings. The molecule has 0 amide bonds. The summed E-state index contributed by atoms with van der Waals surface area (Å²) in [5, 5.41) is 4.54. The first-order valence-corrected chi connectivity index (χ1v) is 10.5. The van der Waals surface area contributed by atoms with E-state index in [0.29, 0.717) is 12.2 Å². The molecule has 0 saturated heterocycles. The predicted molar refractivity (Wildman–Crippen MR) is 109 cm³/mol. The summed E-state index contributed by atoms with van der Waals surface area (Å²) in [4.78, 5) is 4.39. The fourth-order valence-corrected chi connectivity index (χ4v) is 4.30. The fourth-order valence-electron chi connectivity index (χ4n) is 3.12. The van der Waals surface area contributed by atoms with Crippen LogP contribution in [0.3, 0.4) is 0 Å². The second-order valence-electron chi connectivity index (χ2n) is 6.41. The molecule has 0 aliphatic heterocycles. The molecule has 0 spiro atoms. The minimum absolute atomic E-state index is 0.0680. The molecular weight excluding hydrogens is 392 g/mol. The zero-order chi connectivity index (χ0) is 21.0. The van der Waals surface area contributed by atoms with Crippen LogP contribution < -0.4 is 14.2 Å². The van der Waals surface area contributed by atoms with Crippen molar-refractivity contribution in [3.05, 3.63) is 59.5 Å². The molecule has 0 fully saturated rings. The normalized spacial score (nSPS) is 11.4. The van der Waals surface area contributed by atoms with Gasteiger partial charge in [-0.2, -0.15) is 5.10 Å². The van der Waals surface area contributed by atoms with Crippen LogP contribution in [0.15, 0.2) is 47.5 Å². The van der Waals surface area contributed by atoms with Gasteiger partial charge in [0.15, 0.2) is 5.82 Å². The molecule has 0 bridgehead atoms. The van der Waals surface area contributed by atoms with Crippen molar-refractivity contribution < 1.29 is 17.9 Å². The lowest BCUT2D eigenvalue weighted by molar-refractivity contribution is 0.386. The lowest BCUT2D eigenvalue weighted by atomic mass is 10.1. The molecule has 1 N–H and O–H groups in total. The maximum absolute atomic E-state index is 12.7. The van der Waals surface area contributed by atoms with Gasteiger partial charge in [0.05, 0.1) is 19.9 Å². The van der Waals surface area contributed by atoms with E-state index >= 15 is 0 Å². The van der Waals surface area contributed by atoms with Crippen LogP contribution in [0.25, 0.3) is 5.82 Å². The van der Waals surface area contributed by atoms with Crippen molar-refractivity contribution in [2.75, 3.05) is 20.8 Å². The van der Waals surface area contributed by atoms with Gasteiger partial charge in [0.2, 0.25) is 10.0 Å². The van der Waals surface area contributed by atoms with Gasteiger partial charge >= 0.3 is 0 Å². The summed E-state index contributed by atoms with van der Waals surface area (Å²) < 4.78 is 40.2. The minimum Gasteiger partial charge on any atom is -0.497 e. The fraction of sp³-hybridized carbons (Fsp3) is 0.300. The van der Waals surface area contributed by atoms with Crippen molar-refractivity contribution in [2.24, 2.45) is 0 Å². The highest BCUT2D eigenvalue weighted by Gasteiger charge is 2.21. The number of pyridine rings is 1. The molecule has 9 heteroatoms. The Balaban J connectivity index is 1.76. The second kappa shape index (κ2) is 8.62. The number of hydrogen-bond donors (Lipinski definition) is 1. The summed E-state index contributed by atoms with van der Waals surface area (Å²) in [5.74, 6) is 1.48. The number of sulfonamides is 1. The summed E-state index contributed by atoms with van der Waals surface area (Å²) in [7, 11) is -0.805. The molecule has 154 valence electrons. The molecule has 3 rings (SSSR count). The summed E-state index contributed by atoms with van der Waals surface area (Å²) in [6.45, 7) is 4.08. The van der Waals surface area contributed by atoms with Gasteiger partial charge in [-0.05, 0) is 50.1 Å². The Morgan fingerprint density at radius 1 is 1.10 bits per heavy atom. The molecule has 8 nitrogen and oxygen atoms in total. The molecule has 0 aliphatic rings. The predicted octanol–water partition coefficient (Wildman–Crippen LogP) is 2.42. The van der Waals surface area contributed by atoms with E-state index in [2.05, 4.69) is 14.8 Å². The summed E-state index contributed by atoms with van der Waals surface area (Å²) in [5.41, 5.74) is 2.76. The van der Waals surface area contributed by atoms with Gasteiger partial charge in [0, 0.05) is 24.5 Å². The molecular formula is C20H24N4O4S. The Morgan fingerprint density at radius 3 is 2.55 bits per heavy atom. The van der Waals surface area contributed by atoms with Gasteiger partial charge in [-0.25, -0.2) is 22.8 Å². The lowest BCUT2D eigenvalue weighted by Gasteiger charge is -2.12. The number of benzene rings is 1. The number of nitrogens with zero attached hydrogens (tertiary/aromatic N) is 3. The van der Waals surface area contributed by atoms with E-state index in [1.807, 2.05) is 32.0 Å². The Labute approximate surface area is 170 Å². The standard InChI is InChI=1S/C20H24N4O4S/c1-14-17(15(2)24(23-14)20-7-5-6-11-21-20)10-12-22-29(25,26)19-9-8-16(27-3)13-18(19)28-4/h5-9,11,13,22H,10,12H2,1-4H3. The maximum Gasteiger partial charge on any atom is 0.244 e. The van der Waals surface area contributed by atoms with Crippen molar-refractivity contribution in [1.29, 1.82) is 0 Å². The van der Waals surface area contributed by atoms with Crippen molar-refractivity contribution in [1.82, 2.24) is 19.5 Å². The number of nitrogens with one attached hydrogen (secondary N) is 1. The average molecular weight is 417 g/mol. The molecule has 0 aliphatic carbocycles. The Kier molecular flexibility index (Phi) is 6.19. The molecule has 0 saturated carbocycles. The van der Waals surface area contributed by atoms with E-state index in [1.165, 1.54) is 20.3 Å². The molecule has 0 unspecified atom stereocenters. The Bertz CT molecular complexity index is 1100. The highest BCUT2D eigenvalue weighted by atomic mass is 32.2. The van der Waals surface area contributed by atoms with Crippen molar-refractivity contribution in [3.8, 4) is 17.3 Å². The molecule has 29 heavy (non-hydrogen) atoms. The lowest BCUT2D eigenvalue weighted by Crippen LogP contribution is -2.26. The van der Waals surface area contributed by atoms with Gasteiger partial charge in [0.25, 0.3) is 0 Å². The van der Waals surface area contributed by atoms with Crippen LogP contribution in [-0.2, 0) is 16.4 Å². The van der Waals surface area contributed by atoms with Crippen LogP contribution in [0.5, 0.6) is 11.5 Å². The third-order valence-electron chi connectivity index (χ3n) is 4.63. The van der Waals surface area contributed by atoms with Crippen LogP contribution >= 0.6 is 0 Å². The van der Waals surface area contributed by atoms with Gasteiger partial charge in [-0.3, -0.25) is 0 Å². The average Bonchev–Trinajstić information content (AvgIpc) is 3.02. The quantitative estimate of drug-likeness (QED) is 0.606. The van der Waals surface area contributed by atoms with E-state index in [1.54, 1.807) is 23.0 Å². The number of ether oxygens (including phenoxy) is 2. The van der Waals surface area contributed by atoms with Gasteiger partial charge in [-0.15, -0.1) is 0 Å². The summed E-state index contributed by atoms with van der Waals surface area (Å²) in [6.07, 6.45) is 2.21.